The van der Waals surface area contributed by atoms with Crippen molar-refractivity contribution in [1.82, 2.24) is 0 Å². The van der Waals surface area contributed by atoms with Crippen molar-refractivity contribution in [2.75, 3.05) is 5.73 Å². The summed E-state index contributed by atoms with van der Waals surface area (Å²) in [5.74, 6) is -0.926. The lowest BCUT2D eigenvalue weighted by Gasteiger charge is -2.08. The molecule has 3 nitrogen and oxygen atoms in total. The highest BCUT2D eigenvalue weighted by Gasteiger charge is 2.18. The van der Waals surface area contributed by atoms with E-state index in [-0.39, 0.29) is 16.2 Å². The zero-order valence-corrected chi connectivity index (χ0v) is 13.1. The molecular formula is C14H13BrFNO2S. The number of rotatable bonds is 3. The summed E-state index contributed by atoms with van der Waals surface area (Å²) in [4.78, 5) is 0.145. The van der Waals surface area contributed by atoms with Crippen molar-refractivity contribution < 1.29 is 12.8 Å². The van der Waals surface area contributed by atoms with Crippen LogP contribution in [-0.4, -0.2) is 8.42 Å². The maximum absolute atomic E-state index is 13.7. The molecule has 6 heteroatoms. The predicted octanol–water partition coefficient (Wildman–Crippen LogP) is 3.45. The fourth-order valence-electron chi connectivity index (χ4n) is 1.77. The minimum Gasteiger partial charge on any atom is -0.399 e. The Morgan fingerprint density at radius 1 is 1.20 bits per heavy atom. The molecule has 0 saturated carbocycles. The Bertz CT molecular complexity index is 760. The standard InChI is InChI=1S/C14H13BrFNO2S/c1-9-6-12(4-5-14(9)17)20(18,19)8-10-2-3-11(15)7-13(10)16/h2-7H,8,17H2,1H3. The van der Waals surface area contributed by atoms with Gasteiger partial charge in [-0.05, 0) is 42.8 Å². The van der Waals surface area contributed by atoms with Crippen LogP contribution < -0.4 is 5.73 Å². The first-order valence-electron chi connectivity index (χ1n) is 5.82. The normalized spacial score (nSPS) is 11.6. The summed E-state index contributed by atoms with van der Waals surface area (Å²) in [7, 11) is -3.60. The molecule has 2 aromatic rings. The summed E-state index contributed by atoms with van der Waals surface area (Å²) in [6, 6.07) is 8.80. The largest absolute Gasteiger partial charge is 0.399 e. The van der Waals surface area contributed by atoms with Gasteiger partial charge in [-0.25, -0.2) is 12.8 Å². The molecule has 2 rings (SSSR count). The van der Waals surface area contributed by atoms with Crippen LogP contribution in [0.1, 0.15) is 11.1 Å². The van der Waals surface area contributed by atoms with Gasteiger partial charge in [0.15, 0.2) is 9.84 Å². The van der Waals surface area contributed by atoms with Crippen LogP contribution in [0.2, 0.25) is 0 Å². The van der Waals surface area contributed by atoms with Crippen molar-refractivity contribution in [1.29, 1.82) is 0 Å². The molecule has 0 radical (unpaired) electrons. The Hall–Kier alpha value is -1.40. The molecule has 20 heavy (non-hydrogen) atoms. The highest BCUT2D eigenvalue weighted by Crippen LogP contribution is 2.23. The van der Waals surface area contributed by atoms with Gasteiger partial charge in [-0.3, -0.25) is 0 Å². The highest BCUT2D eigenvalue weighted by molar-refractivity contribution is 9.10. The molecule has 0 aliphatic rings. The van der Waals surface area contributed by atoms with Gasteiger partial charge >= 0.3 is 0 Å². The zero-order chi connectivity index (χ0) is 14.9. The fourth-order valence-corrected chi connectivity index (χ4v) is 3.54. The number of nitrogen functional groups attached to an aromatic ring is 1. The molecule has 0 fully saturated rings. The summed E-state index contributed by atoms with van der Waals surface area (Å²) in [6.45, 7) is 1.73. The average molecular weight is 358 g/mol. The Morgan fingerprint density at radius 2 is 1.90 bits per heavy atom. The van der Waals surface area contributed by atoms with E-state index in [4.69, 9.17) is 5.73 Å². The van der Waals surface area contributed by atoms with Gasteiger partial charge in [-0.1, -0.05) is 22.0 Å². The van der Waals surface area contributed by atoms with E-state index in [0.29, 0.717) is 15.7 Å². The SMILES string of the molecule is Cc1cc(S(=O)(=O)Cc2ccc(Br)cc2F)ccc1N. The molecule has 0 unspecified atom stereocenters. The summed E-state index contributed by atoms with van der Waals surface area (Å²) in [5, 5.41) is 0. The van der Waals surface area contributed by atoms with E-state index >= 15 is 0 Å². The van der Waals surface area contributed by atoms with E-state index in [1.54, 1.807) is 19.1 Å². The minimum absolute atomic E-state index is 0.141. The van der Waals surface area contributed by atoms with Gasteiger partial charge in [0.1, 0.15) is 5.82 Å². The molecule has 0 saturated heterocycles. The van der Waals surface area contributed by atoms with Crippen molar-refractivity contribution >= 4 is 31.5 Å². The van der Waals surface area contributed by atoms with E-state index in [1.807, 2.05) is 0 Å². The molecule has 0 heterocycles. The van der Waals surface area contributed by atoms with Gasteiger partial charge in [-0.2, -0.15) is 0 Å². The number of hydrogen-bond donors (Lipinski definition) is 1. The monoisotopic (exact) mass is 357 g/mol. The van der Waals surface area contributed by atoms with E-state index in [1.165, 1.54) is 24.3 Å². The molecule has 0 bridgehead atoms. The van der Waals surface area contributed by atoms with Crippen LogP contribution in [0.5, 0.6) is 0 Å². The molecule has 2 aromatic carbocycles. The third kappa shape index (κ3) is 3.19. The molecule has 0 aliphatic heterocycles. The van der Waals surface area contributed by atoms with Crippen molar-refractivity contribution in [2.24, 2.45) is 0 Å². The first kappa shape index (κ1) is 15.0. The van der Waals surface area contributed by atoms with Crippen LogP contribution >= 0.6 is 15.9 Å². The molecule has 0 atom stereocenters. The Morgan fingerprint density at radius 3 is 2.50 bits per heavy atom. The van der Waals surface area contributed by atoms with Crippen molar-refractivity contribution in [2.45, 2.75) is 17.6 Å². The lowest BCUT2D eigenvalue weighted by molar-refractivity contribution is 0.587. The number of halogens is 2. The number of nitrogens with two attached hydrogens (primary N) is 1. The van der Waals surface area contributed by atoms with Gasteiger partial charge in [0.25, 0.3) is 0 Å². The maximum atomic E-state index is 13.7. The lowest BCUT2D eigenvalue weighted by atomic mass is 10.2. The third-order valence-corrected chi connectivity index (χ3v) is 5.12. The van der Waals surface area contributed by atoms with E-state index in [9.17, 15) is 12.8 Å². The van der Waals surface area contributed by atoms with Gasteiger partial charge in [0, 0.05) is 15.7 Å². The zero-order valence-electron chi connectivity index (χ0n) is 10.7. The molecular weight excluding hydrogens is 345 g/mol. The van der Waals surface area contributed by atoms with Gasteiger partial charge in [0.2, 0.25) is 0 Å². The van der Waals surface area contributed by atoms with Crippen LogP contribution in [0.25, 0.3) is 0 Å². The maximum Gasteiger partial charge on any atom is 0.182 e. The van der Waals surface area contributed by atoms with Crippen molar-refractivity contribution in [3.05, 3.63) is 57.8 Å². The van der Waals surface area contributed by atoms with E-state index in [2.05, 4.69) is 15.9 Å². The van der Waals surface area contributed by atoms with E-state index in [0.717, 1.165) is 0 Å². The number of sulfone groups is 1. The number of anilines is 1. The fraction of sp³-hybridized carbons (Fsp3) is 0.143. The second-order valence-corrected chi connectivity index (χ2v) is 7.42. The highest BCUT2D eigenvalue weighted by atomic mass is 79.9. The molecule has 0 amide bonds. The van der Waals surface area contributed by atoms with Crippen LogP contribution in [0.3, 0.4) is 0 Å². The predicted molar refractivity (Wildman–Crippen MR) is 80.6 cm³/mol. The number of aryl methyl sites for hydroxylation is 1. The van der Waals surface area contributed by atoms with Gasteiger partial charge in [-0.15, -0.1) is 0 Å². The smallest absolute Gasteiger partial charge is 0.182 e. The van der Waals surface area contributed by atoms with Crippen LogP contribution in [0, 0.1) is 12.7 Å². The van der Waals surface area contributed by atoms with Crippen LogP contribution in [0.4, 0.5) is 10.1 Å². The average Bonchev–Trinajstić information content (AvgIpc) is 2.36. The summed E-state index contributed by atoms with van der Waals surface area (Å²) >= 11 is 3.13. The summed E-state index contributed by atoms with van der Waals surface area (Å²) in [5.41, 5.74) is 7.02. The van der Waals surface area contributed by atoms with Crippen molar-refractivity contribution in [3.63, 3.8) is 0 Å². The van der Waals surface area contributed by atoms with E-state index < -0.39 is 15.7 Å². The Labute approximate surface area is 125 Å². The summed E-state index contributed by atoms with van der Waals surface area (Å²) in [6.07, 6.45) is 0. The molecule has 0 aromatic heterocycles. The van der Waals surface area contributed by atoms with Gasteiger partial charge in [0.05, 0.1) is 10.6 Å². The topological polar surface area (TPSA) is 60.2 Å². The number of benzene rings is 2. The minimum atomic E-state index is -3.60. The number of hydrogen-bond acceptors (Lipinski definition) is 3. The van der Waals surface area contributed by atoms with Crippen molar-refractivity contribution in [3.8, 4) is 0 Å². The molecule has 0 aliphatic carbocycles. The molecule has 0 spiro atoms. The van der Waals surface area contributed by atoms with Crippen LogP contribution in [0.15, 0.2) is 45.8 Å². The first-order chi connectivity index (χ1) is 9.29. The third-order valence-electron chi connectivity index (χ3n) is 2.96. The Balaban J connectivity index is 2.38. The second kappa shape index (κ2) is 5.54. The summed E-state index contributed by atoms with van der Waals surface area (Å²) < 4.78 is 38.9. The van der Waals surface area contributed by atoms with Gasteiger partial charge < -0.3 is 5.73 Å². The Kier molecular flexibility index (Phi) is 4.15. The van der Waals surface area contributed by atoms with Crippen LogP contribution in [-0.2, 0) is 15.6 Å². The molecule has 106 valence electrons. The quantitative estimate of drug-likeness (QED) is 0.855. The molecule has 2 N–H and O–H groups in total. The lowest BCUT2D eigenvalue weighted by Crippen LogP contribution is -2.07. The second-order valence-electron chi connectivity index (χ2n) is 4.51. The first-order valence-corrected chi connectivity index (χ1v) is 8.27.